The van der Waals surface area contributed by atoms with Crippen LogP contribution in [0.15, 0.2) is 0 Å². The van der Waals surface area contributed by atoms with E-state index in [1.54, 1.807) is 0 Å². The van der Waals surface area contributed by atoms with Gasteiger partial charge in [0.15, 0.2) is 0 Å². The van der Waals surface area contributed by atoms with E-state index in [-0.39, 0.29) is 34.0 Å². The van der Waals surface area contributed by atoms with Crippen LogP contribution in [0.4, 0.5) is 4.39 Å². The minimum Gasteiger partial charge on any atom is -0.370 e. The van der Waals surface area contributed by atoms with E-state index in [4.69, 9.17) is 9.47 Å². The molecule has 0 aromatic heterocycles. The van der Waals surface area contributed by atoms with E-state index in [2.05, 4.69) is 37.5 Å². The predicted molar refractivity (Wildman–Crippen MR) is 125 cm³/mol. The molecule has 6 fully saturated rings. The molecule has 0 aromatic rings. The molecule has 6 aliphatic rings. The Bertz CT molecular complexity index is 744. The fourth-order valence-corrected chi connectivity index (χ4v) is 9.02. The average molecular weight is 449 g/mol. The standard InChI is InChI=1S/C27H45FN2O2/c1-20(31-26(9-10-26)25-8-6-14-30(25)19-22(28)17-25)15-21-16-24(7-5-13-29(24)18-21)27(11-12-27)32-23(2,3)4/h20-22H,5-19H2,1-4H3. The number of fused-ring (bicyclic) bond motifs is 2. The van der Waals surface area contributed by atoms with Gasteiger partial charge >= 0.3 is 0 Å². The Labute approximate surface area is 194 Å². The van der Waals surface area contributed by atoms with Crippen LogP contribution in [-0.2, 0) is 9.47 Å². The van der Waals surface area contributed by atoms with Crippen LogP contribution >= 0.6 is 0 Å². The van der Waals surface area contributed by atoms with Gasteiger partial charge in [-0.25, -0.2) is 4.39 Å². The van der Waals surface area contributed by atoms with Crippen molar-refractivity contribution in [3.05, 3.63) is 0 Å². The van der Waals surface area contributed by atoms with Crippen LogP contribution in [0.1, 0.15) is 98.3 Å². The Morgan fingerprint density at radius 1 is 0.875 bits per heavy atom. The van der Waals surface area contributed by atoms with Crippen LogP contribution in [0.5, 0.6) is 0 Å². The molecule has 0 radical (unpaired) electrons. The number of hydrogen-bond donors (Lipinski definition) is 0. The van der Waals surface area contributed by atoms with Gasteiger partial charge in [0.05, 0.1) is 34.0 Å². The number of ether oxygens (including phenoxy) is 2. The second-order valence-electron chi connectivity index (χ2n) is 13.4. The van der Waals surface area contributed by atoms with Gasteiger partial charge < -0.3 is 9.47 Å². The quantitative estimate of drug-likeness (QED) is 0.541. The summed E-state index contributed by atoms with van der Waals surface area (Å²) >= 11 is 0. The second kappa shape index (κ2) is 7.15. The number of halogens is 1. The van der Waals surface area contributed by atoms with Gasteiger partial charge in [0.25, 0.3) is 0 Å². The van der Waals surface area contributed by atoms with Gasteiger partial charge in [-0.05, 0) is 111 Å². The average Bonchev–Trinajstić information content (AvgIpc) is 3.42. The van der Waals surface area contributed by atoms with Crippen molar-refractivity contribution in [1.29, 1.82) is 0 Å². The number of alkyl halides is 1. The summed E-state index contributed by atoms with van der Waals surface area (Å²) in [6.07, 6.45) is 12.4. The topological polar surface area (TPSA) is 24.9 Å². The summed E-state index contributed by atoms with van der Waals surface area (Å²) in [5.74, 6) is 0.692. The molecule has 4 aliphatic heterocycles. The molecule has 4 nitrogen and oxygen atoms in total. The lowest BCUT2D eigenvalue weighted by molar-refractivity contribution is -0.135. The van der Waals surface area contributed by atoms with Gasteiger partial charge in [-0.1, -0.05) is 0 Å². The third-order valence-electron chi connectivity index (χ3n) is 10.0. The molecule has 2 saturated carbocycles. The summed E-state index contributed by atoms with van der Waals surface area (Å²) in [5.41, 5.74) is 0.200. The summed E-state index contributed by atoms with van der Waals surface area (Å²) in [6.45, 7) is 13.1. The van der Waals surface area contributed by atoms with Crippen LogP contribution in [0.2, 0.25) is 0 Å². The number of nitrogens with zero attached hydrogens (tertiary/aromatic N) is 2. The van der Waals surface area contributed by atoms with Crippen LogP contribution in [0.25, 0.3) is 0 Å². The van der Waals surface area contributed by atoms with Crippen molar-refractivity contribution in [2.24, 2.45) is 5.92 Å². The highest BCUT2D eigenvalue weighted by Gasteiger charge is 2.69. The smallest absolute Gasteiger partial charge is 0.115 e. The summed E-state index contributed by atoms with van der Waals surface area (Å²) in [5, 5.41) is 0. The zero-order valence-electron chi connectivity index (χ0n) is 20.9. The molecule has 6 rings (SSSR count). The van der Waals surface area contributed by atoms with E-state index >= 15 is 0 Å². The van der Waals surface area contributed by atoms with Gasteiger partial charge in [-0.3, -0.25) is 9.80 Å². The Morgan fingerprint density at radius 2 is 1.47 bits per heavy atom. The monoisotopic (exact) mass is 448 g/mol. The van der Waals surface area contributed by atoms with Crippen molar-refractivity contribution in [2.75, 3.05) is 26.2 Å². The molecular weight excluding hydrogens is 403 g/mol. The lowest BCUT2D eigenvalue weighted by atomic mass is 9.81. The van der Waals surface area contributed by atoms with Crippen molar-refractivity contribution in [1.82, 2.24) is 9.80 Å². The summed E-state index contributed by atoms with van der Waals surface area (Å²) in [7, 11) is 0. The van der Waals surface area contributed by atoms with E-state index in [1.807, 2.05) is 0 Å². The normalized spacial score (nSPS) is 43.4. The van der Waals surface area contributed by atoms with E-state index in [0.29, 0.717) is 18.9 Å². The van der Waals surface area contributed by atoms with Gasteiger partial charge in [0.2, 0.25) is 0 Å². The highest BCUT2D eigenvalue weighted by atomic mass is 19.1. The van der Waals surface area contributed by atoms with E-state index in [1.165, 1.54) is 51.6 Å². The van der Waals surface area contributed by atoms with Crippen molar-refractivity contribution >= 4 is 0 Å². The molecule has 5 heteroatoms. The molecule has 4 heterocycles. The maximum atomic E-state index is 14.4. The first-order valence-electron chi connectivity index (χ1n) is 13.6. The molecule has 0 spiro atoms. The zero-order valence-corrected chi connectivity index (χ0v) is 20.9. The molecule has 0 amide bonds. The van der Waals surface area contributed by atoms with Gasteiger partial charge in [-0.15, -0.1) is 0 Å². The van der Waals surface area contributed by atoms with Crippen LogP contribution in [0, 0.1) is 5.92 Å². The van der Waals surface area contributed by atoms with E-state index in [9.17, 15) is 4.39 Å². The lowest BCUT2D eigenvalue weighted by Crippen LogP contribution is -2.54. The molecule has 0 N–H and O–H groups in total. The first kappa shape index (κ1) is 22.2. The van der Waals surface area contributed by atoms with E-state index < -0.39 is 6.17 Å². The number of rotatable bonds is 7. The van der Waals surface area contributed by atoms with Crippen LogP contribution in [-0.4, -0.2) is 76.1 Å². The largest absolute Gasteiger partial charge is 0.370 e. The molecule has 0 aromatic carbocycles. The third-order valence-corrected chi connectivity index (χ3v) is 10.0. The van der Waals surface area contributed by atoms with Gasteiger partial charge in [0.1, 0.15) is 6.17 Å². The minimum absolute atomic E-state index is 0.00377. The molecule has 2 aliphatic carbocycles. The maximum absolute atomic E-state index is 14.4. The Balaban J connectivity index is 1.13. The zero-order chi connectivity index (χ0) is 22.4. The molecule has 5 unspecified atom stereocenters. The Kier molecular flexibility index (Phi) is 4.97. The lowest BCUT2D eigenvalue weighted by Gasteiger charge is -2.43. The molecule has 0 bridgehead atoms. The molecule has 4 saturated heterocycles. The predicted octanol–water partition coefficient (Wildman–Crippen LogP) is 5.09. The van der Waals surface area contributed by atoms with Gasteiger partial charge in [-0.2, -0.15) is 0 Å². The van der Waals surface area contributed by atoms with Crippen molar-refractivity contribution in [3.63, 3.8) is 0 Å². The summed E-state index contributed by atoms with van der Waals surface area (Å²) in [4.78, 5) is 5.26. The summed E-state index contributed by atoms with van der Waals surface area (Å²) in [6, 6.07) is 0. The first-order chi connectivity index (χ1) is 15.1. The SMILES string of the molecule is CC(CC1CN2CCCC2(C2(OC(C)(C)C)CC2)C1)OC1(C23CCCN2CC(F)C3)CC1. The molecular formula is C27H45FN2O2. The number of hydrogen-bond acceptors (Lipinski definition) is 4. The fraction of sp³-hybridized carbons (Fsp3) is 1.00. The highest BCUT2D eigenvalue weighted by Crippen LogP contribution is 2.62. The van der Waals surface area contributed by atoms with Crippen molar-refractivity contribution in [3.8, 4) is 0 Å². The second-order valence-corrected chi connectivity index (χ2v) is 13.4. The highest BCUT2D eigenvalue weighted by molar-refractivity contribution is 5.23. The van der Waals surface area contributed by atoms with Crippen molar-refractivity contribution < 1.29 is 13.9 Å². The molecule has 32 heavy (non-hydrogen) atoms. The maximum Gasteiger partial charge on any atom is 0.115 e. The van der Waals surface area contributed by atoms with Crippen molar-refractivity contribution in [2.45, 2.75) is 138 Å². The first-order valence-corrected chi connectivity index (χ1v) is 13.6. The minimum atomic E-state index is -0.661. The van der Waals surface area contributed by atoms with Crippen LogP contribution in [0.3, 0.4) is 0 Å². The van der Waals surface area contributed by atoms with E-state index in [0.717, 1.165) is 32.2 Å². The third kappa shape index (κ3) is 3.27. The summed E-state index contributed by atoms with van der Waals surface area (Å²) < 4.78 is 28.1. The van der Waals surface area contributed by atoms with Gasteiger partial charge in [0, 0.05) is 19.5 Å². The molecule has 5 atom stereocenters. The molecule has 182 valence electrons. The Hall–Kier alpha value is -0.230. The Morgan fingerprint density at radius 3 is 2.06 bits per heavy atom. The van der Waals surface area contributed by atoms with Crippen LogP contribution < -0.4 is 0 Å². The fourth-order valence-electron chi connectivity index (χ4n) is 9.02.